The first-order valence-corrected chi connectivity index (χ1v) is 7.81. The Labute approximate surface area is 148 Å². The molecule has 126 valence electrons. The first-order chi connectivity index (χ1) is 12.1. The minimum atomic E-state index is -0.472. The molecule has 0 bridgehead atoms. The van der Waals surface area contributed by atoms with Crippen LogP contribution in [-0.4, -0.2) is 24.0 Å². The van der Waals surface area contributed by atoms with Gasteiger partial charge >= 0.3 is 0 Å². The van der Waals surface area contributed by atoms with E-state index in [1.165, 1.54) is 13.1 Å². The van der Waals surface area contributed by atoms with E-state index in [4.69, 9.17) is 16.1 Å². The zero-order valence-corrected chi connectivity index (χ0v) is 14.0. The lowest BCUT2D eigenvalue weighted by atomic mass is 10.1. The summed E-state index contributed by atoms with van der Waals surface area (Å²) in [7, 11) is 1.52. The SMILES string of the molecule is CNC(=O)c1ccccc1NC(=O)c1cc(-c2ccc(Cl)cc2)on1. The van der Waals surface area contributed by atoms with Crippen LogP contribution in [0.15, 0.2) is 59.1 Å². The third-order valence-electron chi connectivity index (χ3n) is 3.52. The van der Waals surface area contributed by atoms with Crippen LogP contribution in [0.5, 0.6) is 0 Å². The maximum atomic E-state index is 12.4. The molecule has 6 nitrogen and oxygen atoms in total. The highest BCUT2D eigenvalue weighted by molar-refractivity contribution is 6.30. The summed E-state index contributed by atoms with van der Waals surface area (Å²) in [5.41, 5.74) is 1.61. The molecule has 0 atom stereocenters. The van der Waals surface area contributed by atoms with Crippen molar-refractivity contribution in [2.24, 2.45) is 0 Å². The zero-order chi connectivity index (χ0) is 17.8. The van der Waals surface area contributed by atoms with Crippen LogP contribution >= 0.6 is 11.6 Å². The number of hydrogen-bond acceptors (Lipinski definition) is 4. The van der Waals surface area contributed by atoms with Crippen molar-refractivity contribution in [1.29, 1.82) is 0 Å². The third kappa shape index (κ3) is 3.70. The van der Waals surface area contributed by atoms with Gasteiger partial charge in [0.1, 0.15) is 0 Å². The monoisotopic (exact) mass is 355 g/mol. The van der Waals surface area contributed by atoms with Gasteiger partial charge in [-0.1, -0.05) is 28.9 Å². The summed E-state index contributed by atoms with van der Waals surface area (Å²) in [6.45, 7) is 0. The number of amides is 2. The molecular weight excluding hydrogens is 342 g/mol. The normalized spacial score (nSPS) is 10.3. The minimum absolute atomic E-state index is 0.108. The average Bonchev–Trinajstić information content (AvgIpc) is 3.12. The summed E-state index contributed by atoms with van der Waals surface area (Å²) in [5, 5.41) is 9.59. The van der Waals surface area contributed by atoms with E-state index in [1.54, 1.807) is 48.5 Å². The summed E-state index contributed by atoms with van der Waals surface area (Å²) in [6.07, 6.45) is 0. The molecule has 3 rings (SSSR count). The van der Waals surface area contributed by atoms with Gasteiger partial charge in [-0.05, 0) is 36.4 Å². The Balaban J connectivity index is 1.81. The van der Waals surface area contributed by atoms with E-state index < -0.39 is 5.91 Å². The number of nitrogens with one attached hydrogen (secondary N) is 2. The summed E-state index contributed by atoms with van der Waals surface area (Å²) in [5.74, 6) is -0.320. The first-order valence-electron chi connectivity index (χ1n) is 7.43. The Kier molecular flexibility index (Phi) is 4.81. The van der Waals surface area contributed by atoms with Crippen molar-refractivity contribution in [3.8, 4) is 11.3 Å². The second-order valence-corrected chi connectivity index (χ2v) is 5.60. The highest BCUT2D eigenvalue weighted by Crippen LogP contribution is 2.23. The summed E-state index contributed by atoms with van der Waals surface area (Å²) >= 11 is 5.85. The molecule has 1 aromatic heterocycles. The summed E-state index contributed by atoms with van der Waals surface area (Å²) in [4.78, 5) is 24.3. The van der Waals surface area contributed by atoms with Gasteiger partial charge in [-0.2, -0.15) is 0 Å². The number of carbonyl (C=O) groups excluding carboxylic acids is 2. The van der Waals surface area contributed by atoms with Crippen molar-refractivity contribution in [2.45, 2.75) is 0 Å². The molecule has 0 saturated carbocycles. The smallest absolute Gasteiger partial charge is 0.277 e. The fourth-order valence-corrected chi connectivity index (χ4v) is 2.37. The molecule has 0 unspecified atom stereocenters. The fourth-order valence-electron chi connectivity index (χ4n) is 2.24. The lowest BCUT2D eigenvalue weighted by Crippen LogP contribution is -2.21. The maximum Gasteiger partial charge on any atom is 0.277 e. The zero-order valence-electron chi connectivity index (χ0n) is 13.2. The van der Waals surface area contributed by atoms with Gasteiger partial charge in [0, 0.05) is 23.7 Å². The highest BCUT2D eigenvalue weighted by Gasteiger charge is 2.17. The minimum Gasteiger partial charge on any atom is -0.355 e. The largest absolute Gasteiger partial charge is 0.355 e. The van der Waals surface area contributed by atoms with Crippen molar-refractivity contribution in [2.75, 3.05) is 12.4 Å². The standard InChI is InChI=1S/C18H14ClN3O3/c1-20-17(23)13-4-2-3-5-14(13)21-18(24)15-10-16(25-22-15)11-6-8-12(19)9-7-11/h2-10H,1H3,(H,20,23)(H,21,24). The summed E-state index contributed by atoms with van der Waals surface area (Å²) in [6, 6.07) is 15.2. The number of benzene rings is 2. The number of anilines is 1. The Bertz CT molecular complexity index is 919. The molecule has 3 aromatic rings. The van der Waals surface area contributed by atoms with Gasteiger partial charge in [0.2, 0.25) is 0 Å². The van der Waals surface area contributed by atoms with Gasteiger partial charge in [0.25, 0.3) is 11.8 Å². The third-order valence-corrected chi connectivity index (χ3v) is 3.77. The van der Waals surface area contributed by atoms with E-state index >= 15 is 0 Å². The van der Waals surface area contributed by atoms with Crippen LogP contribution in [0.2, 0.25) is 5.02 Å². The molecule has 0 fully saturated rings. The van der Waals surface area contributed by atoms with Gasteiger partial charge in [-0.3, -0.25) is 9.59 Å². The Morgan fingerprint density at radius 3 is 2.48 bits per heavy atom. The van der Waals surface area contributed by atoms with Crippen LogP contribution in [-0.2, 0) is 0 Å². The van der Waals surface area contributed by atoms with Crippen LogP contribution in [0.25, 0.3) is 11.3 Å². The van der Waals surface area contributed by atoms with E-state index in [9.17, 15) is 9.59 Å². The van der Waals surface area contributed by atoms with Gasteiger partial charge in [-0.25, -0.2) is 0 Å². The molecule has 0 spiro atoms. The predicted molar refractivity (Wildman–Crippen MR) is 94.7 cm³/mol. The molecule has 0 aliphatic heterocycles. The number of nitrogens with zero attached hydrogens (tertiary/aromatic N) is 1. The molecule has 0 saturated heterocycles. The number of rotatable bonds is 4. The molecule has 7 heteroatoms. The molecule has 2 N–H and O–H groups in total. The van der Waals surface area contributed by atoms with Crippen LogP contribution in [0.1, 0.15) is 20.8 Å². The molecule has 25 heavy (non-hydrogen) atoms. The van der Waals surface area contributed by atoms with E-state index in [0.717, 1.165) is 5.56 Å². The van der Waals surface area contributed by atoms with Crippen molar-refractivity contribution in [1.82, 2.24) is 10.5 Å². The first kappa shape index (κ1) is 16.7. The number of carbonyl (C=O) groups is 2. The molecule has 0 aliphatic carbocycles. The van der Waals surface area contributed by atoms with Gasteiger partial charge in [0.05, 0.1) is 11.3 Å². The molecule has 0 radical (unpaired) electrons. The predicted octanol–water partition coefficient (Wildman–Crippen LogP) is 3.61. The van der Waals surface area contributed by atoms with Crippen LogP contribution in [0.4, 0.5) is 5.69 Å². The van der Waals surface area contributed by atoms with Gasteiger partial charge < -0.3 is 15.2 Å². The average molecular weight is 356 g/mol. The van der Waals surface area contributed by atoms with Crippen molar-refractivity contribution in [3.05, 3.63) is 70.9 Å². The number of hydrogen-bond donors (Lipinski definition) is 2. The number of halogens is 1. The van der Waals surface area contributed by atoms with Gasteiger partial charge in [-0.15, -0.1) is 0 Å². The van der Waals surface area contributed by atoms with E-state index in [-0.39, 0.29) is 11.6 Å². The van der Waals surface area contributed by atoms with Crippen LogP contribution in [0.3, 0.4) is 0 Å². The maximum absolute atomic E-state index is 12.4. The van der Waals surface area contributed by atoms with Crippen molar-refractivity contribution < 1.29 is 14.1 Å². The van der Waals surface area contributed by atoms with E-state index in [2.05, 4.69) is 15.8 Å². The second kappa shape index (κ2) is 7.19. The molecule has 2 aromatic carbocycles. The molecule has 2 amide bonds. The molecular formula is C18H14ClN3O3. The second-order valence-electron chi connectivity index (χ2n) is 5.16. The Morgan fingerprint density at radius 1 is 1.04 bits per heavy atom. The molecule has 1 heterocycles. The topological polar surface area (TPSA) is 84.2 Å². The Morgan fingerprint density at radius 2 is 1.76 bits per heavy atom. The van der Waals surface area contributed by atoms with Crippen LogP contribution < -0.4 is 10.6 Å². The molecule has 0 aliphatic rings. The van der Waals surface area contributed by atoms with Crippen molar-refractivity contribution in [3.63, 3.8) is 0 Å². The lowest BCUT2D eigenvalue weighted by Gasteiger charge is -2.08. The summed E-state index contributed by atoms with van der Waals surface area (Å²) < 4.78 is 5.22. The highest BCUT2D eigenvalue weighted by atomic mass is 35.5. The van der Waals surface area contributed by atoms with Gasteiger partial charge in [0.15, 0.2) is 11.5 Å². The van der Waals surface area contributed by atoms with Crippen molar-refractivity contribution >= 4 is 29.1 Å². The van der Waals surface area contributed by atoms with E-state index in [0.29, 0.717) is 22.0 Å². The quantitative estimate of drug-likeness (QED) is 0.748. The lowest BCUT2D eigenvalue weighted by molar-refractivity contribution is 0.0964. The number of aromatic nitrogens is 1. The van der Waals surface area contributed by atoms with Crippen LogP contribution in [0, 0.1) is 0 Å². The number of para-hydroxylation sites is 1. The van der Waals surface area contributed by atoms with E-state index in [1.807, 2.05) is 0 Å². The Hall–Kier alpha value is -3.12. The fraction of sp³-hybridized carbons (Fsp3) is 0.0556.